The molecule has 0 radical (unpaired) electrons. The number of carbonyl (C=O) groups is 1. The van der Waals surface area contributed by atoms with Gasteiger partial charge in [-0.15, -0.1) is 0 Å². The summed E-state index contributed by atoms with van der Waals surface area (Å²) in [6.07, 6.45) is 0. The molecule has 0 atom stereocenters. The van der Waals surface area contributed by atoms with Gasteiger partial charge in [0.2, 0.25) is 0 Å². The van der Waals surface area contributed by atoms with Crippen molar-refractivity contribution in [1.29, 1.82) is 0 Å². The van der Waals surface area contributed by atoms with Gasteiger partial charge in [-0.25, -0.2) is 9.18 Å². The average Bonchev–Trinajstić information content (AvgIpc) is 2.73. The van der Waals surface area contributed by atoms with Gasteiger partial charge in [-0.2, -0.15) is 8.42 Å². The Morgan fingerprint density at radius 3 is 2.42 bits per heavy atom. The van der Waals surface area contributed by atoms with Crippen LogP contribution in [-0.2, 0) is 16.7 Å². The van der Waals surface area contributed by atoms with Gasteiger partial charge in [0, 0.05) is 23.8 Å². The summed E-state index contributed by atoms with van der Waals surface area (Å²) in [6.45, 7) is 4.70. The molecule has 0 spiro atoms. The molecule has 0 fully saturated rings. The molecule has 174 valence electrons. The third-order valence-corrected chi connectivity index (χ3v) is 6.03. The Balaban J connectivity index is 1.76. The van der Waals surface area contributed by atoms with Crippen LogP contribution in [0.3, 0.4) is 0 Å². The Bertz CT molecular complexity index is 1220. The summed E-state index contributed by atoms with van der Waals surface area (Å²) in [5.74, 6) is -0.248. The lowest BCUT2D eigenvalue weighted by Gasteiger charge is -2.25. The van der Waals surface area contributed by atoms with Crippen LogP contribution in [0.4, 0.5) is 14.9 Å². The number of carbonyl (C=O) groups excluding carboxylic acids is 1. The average molecular weight is 491 g/mol. The highest BCUT2D eigenvalue weighted by molar-refractivity contribution is 7.87. The van der Waals surface area contributed by atoms with Crippen LogP contribution in [0.1, 0.15) is 19.4 Å². The highest BCUT2D eigenvalue weighted by atomic mass is 35.5. The Labute approximate surface area is 198 Å². The molecular formula is C24H24ClFN2O4S. The Morgan fingerprint density at radius 2 is 1.76 bits per heavy atom. The number of halogens is 2. The maximum Gasteiger partial charge on any atom is 0.339 e. The fourth-order valence-corrected chi connectivity index (χ4v) is 4.23. The lowest BCUT2D eigenvalue weighted by Crippen LogP contribution is -2.37. The van der Waals surface area contributed by atoms with Crippen molar-refractivity contribution in [3.63, 3.8) is 0 Å². The van der Waals surface area contributed by atoms with Gasteiger partial charge in [0.25, 0.3) is 0 Å². The summed E-state index contributed by atoms with van der Waals surface area (Å²) in [5, 5.41) is 3.34. The molecule has 0 saturated heterocycles. The van der Waals surface area contributed by atoms with Crippen LogP contribution in [0.25, 0.3) is 0 Å². The van der Waals surface area contributed by atoms with E-state index in [4.69, 9.17) is 15.8 Å². The van der Waals surface area contributed by atoms with Crippen molar-refractivity contribution in [3.8, 4) is 5.75 Å². The quantitative estimate of drug-likeness (QED) is 0.397. The number of nitrogens with one attached hydrogen (secondary N) is 1. The van der Waals surface area contributed by atoms with E-state index in [1.54, 1.807) is 47.4 Å². The Kier molecular flexibility index (Phi) is 7.94. The Morgan fingerprint density at radius 1 is 1.06 bits per heavy atom. The topological polar surface area (TPSA) is 75.7 Å². The number of amides is 2. The standard InChI is InChI=1S/C24H24ClFN2O4S/c1-17(2)15-28(24(29)27-21-7-4-6-19(25)14-21)16-18-5-3-8-22(13-18)32-33(30,31)23-11-9-20(26)10-12-23/h3-14,17H,15-16H2,1-2H3,(H,27,29). The summed E-state index contributed by atoms with van der Waals surface area (Å²) in [7, 11) is -4.13. The van der Waals surface area contributed by atoms with Crippen LogP contribution in [0.15, 0.2) is 77.7 Å². The van der Waals surface area contributed by atoms with Crippen molar-refractivity contribution in [3.05, 3.63) is 89.2 Å². The molecule has 3 aromatic rings. The van der Waals surface area contributed by atoms with Crippen molar-refractivity contribution >= 4 is 33.4 Å². The number of anilines is 1. The van der Waals surface area contributed by atoms with Crippen LogP contribution in [0.2, 0.25) is 5.02 Å². The summed E-state index contributed by atoms with van der Waals surface area (Å²) in [6, 6.07) is 17.4. The summed E-state index contributed by atoms with van der Waals surface area (Å²) >= 11 is 6.00. The minimum atomic E-state index is -4.13. The Hall–Kier alpha value is -3.10. The maximum atomic E-state index is 13.1. The number of urea groups is 1. The molecule has 3 aromatic carbocycles. The van der Waals surface area contributed by atoms with Gasteiger partial charge < -0.3 is 14.4 Å². The normalized spacial score (nSPS) is 11.3. The molecule has 0 aliphatic rings. The van der Waals surface area contributed by atoms with Crippen LogP contribution >= 0.6 is 11.6 Å². The van der Waals surface area contributed by atoms with Gasteiger partial charge >= 0.3 is 16.1 Å². The fourth-order valence-electron chi connectivity index (χ4n) is 3.12. The number of benzene rings is 3. The first-order chi connectivity index (χ1) is 15.6. The van der Waals surface area contributed by atoms with Gasteiger partial charge in [-0.1, -0.05) is 43.6 Å². The molecule has 0 saturated carbocycles. The van der Waals surface area contributed by atoms with E-state index in [0.29, 0.717) is 22.8 Å². The highest BCUT2D eigenvalue weighted by Gasteiger charge is 2.19. The van der Waals surface area contributed by atoms with E-state index in [2.05, 4.69) is 5.32 Å². The largest absolute Gasteiger partial charge is 0.379 e. The second-order valence-electron chi connectivity index (χ2n) is 7.85. The third kappa shape index (κ3) is 7.20. The molecule has 0 unspecified atom stereocenters. The zero-order valence-corrected chi connectivity index (χ0v) is 19.7. The predicted octanol–water partition coefficient (Wildman–Crippen LogP) is 5.94. The minimum Gasteiger partial charge on any atom is -0.379 e. The molecule has 0 heterocycles. The smallest absolute Gasteiger partial charge is 0.339 e. The molecule has 0 bridgehead atoms. The van der Waals surface area contributed by atoms with Crippen molar-refractivity contribution in [2.24, 2.45) is 5.92 Å². The van der Waals surface area contributed by atoms with Gasteiger partial charge in [0.05, 0.1) is 0 Å². The van der Waals surface area contributed by atoms with Crippen molar-refractivity contribution < 1.29 is 21.8 Å². The lowest BCUT2D eigenvalue weighted by atomic mass is 10.1. The third-order valence-electron chi connectivity index (χ3n) is 4.53. The number of hydrogen-bond donors (Lipinski definition) is 1. The van der Waals surface area contributed by atoms with Gasteiger partial charge in [-0.05, 0) is 66.1 Å². The summed E-state index contributed by atoms with van der Waals surface area (Å²) in [4.78, 5) is 14.4. The second kappa shape index (κ2) is 10.7. The van der Waals surface area contributed by atoms with E-state index in [9.17, 15) is 17.6 Å². The van der Waals surface area contributed by atoms with Crippen LogP contribution in [-0.4, -0.2) is 25.9 Å². The molecule has 33 heavy (non-hydrogen) atoms. The highest BCUT2D eigenvalue weighted by Crippen LogP contribution is 2.22. The first kappa shape index (κ1) is 24.5. The molecule has 9 heteroatoms. The molecule has 0 aromatic heterocycles. The van der Waals surface area contributed by atoms with E-state index in [1.807, 2.05) is 13.8 Å². The van der Waals surface area contributed by atoms with Crippen molar-refractivity contribution in [2.75, 3.05) is 11.9 Å². The number of rotatable bonds is 8. The monoisotopic (exact) mass is 490 g/mol. The molecule has 3 rings (SSSR count). The zero-order valence-electron chi connectivity index (χ0n) is 18.2. The van der Waals surface area contributed by atoms with Gasteiger partial charge in [0.1, 0.15) is 16.5 Å². The maximum absolute atomic E-state index is 13.1. The van der Waals surface area contributed by atoms with Crippen LogP contribution in [0, 0.1) is 11.7 Å². The molecule has 0 aliphatic heterocycles. The lowest BCUT2D eigenvalue weighted by molar-refractivity contribution is 0.201. The van der Waals surface area contributed by atoms with Gasteiger partial charge in [-0.3, -0.25) is 0 Å². The van der Waals surface area contributed by atoms with Crippen LogP contribution in [0.5, 0.6) is 5.75 Å². The van der Waals surface area contributed by atoms with E-state index in [1.165, 1.54) is 6.07 Å². The van der Waals surface area contributed by atoms with Crippen LogP contribution < -0.4 is 9.50 Å². The van der Waals surface area contributed by atoms with E-state index < -0.39 is 15.9 Å². The molecule has 1 N–H and O–H groups in total. The molecule has 0 aliphatic carbocycles. The predicted molar refractivity (Wildman–Crippen MR) is 126 cm³/mol. The van der Waals surface area contributed by atoms with Crippen molar-refractivity contribution in [2.45, 2.75) is 25.3 Å². The first-order valence-corrected chi connectivity index (χ1v) is 12.0. The number of hydrogen-bond acceptors (Lipinski definition) is 4. The fraction of sp³-hybridized carbons (Fsp3) is 0.208. The molecular weight excluding hydrogens is 467 g/mol. The van der Waals surface area contributed by atoms with Crippen molar-refractivity contribution in [1.82, 2.24) is 4.90 Å². The summed E-state index contributed by atoms with van der Waals surface area (Å²) in [5.41, 5.74) is 1.26. The molecule has 2 amide bonds. The minimum absolute atomic E-state index is 0.0940. The SMILES string of the molecule is CC(C)CN(Cc1cccc(OS(=O)(=O)c2ccc(F)cc2)c1)C(=O)Nc1cccc(Cl)c1. The van der Waals surface area contributed by atoms with E-state index in [0.717, 1.165) is 24.3 Å². The first-order valence-electron chi connectivity index (χ1n) is 10.2. The zero-order chi connectivity index (χ0) is 24.0. The molecule has 6 nitrogen and oxygen atoms in total. The van der Waals surface area contributed by atoms with Gasteiger partial charge in [0.15, 0.2) is 0 Å². The second-order valence-corrected chi connectivity index (χ2v) is 9.84. The van der Waals surface area contributed by atoms with E-state index in [-0.39, 0.29) is 29.1 Å². The van der Waals surface area contributed by atoms with E-state index >= 15 is 0 Å². The number of nitrogens with zero attached hydrogens (tertiary/aromatic N) is 1. The summed E-state index contributed by atoms with van der Waals surface area (Å²) < 4.78 is 43.3.